The van der Waals surface area contributed by atoms with Crippen LogP contribution in [0.1, 0.15) is 24.3 Å². The van der Waals surface area contributed by atoms with Crippen molar-refractivity contribution in [2.24, 2.45) is 5.92 Å². The Morgan fingerprint density at radius 1 is 1.62 bits per heavy atom. The quantitative estimate of drug-likeness (QED) is 0.824. The Bertz CT molecular complexity index is 359. The molecule has 0 bridgehead atoms. The first-order valence-corrected chi connectivity index (χ1v) is 7.12. The van der Waals surface area contributed by atoms with Crippen LogP contribution >= 0.6 is 43.2 Å². The Hall–Kier alpha value is 0.0900. The van der Waals surface area contributed by atoms with E-state index in [-0.39, 0.29) is 5.97 Å². The van der Waals surface area contributed by atoms with Gasteiger partial charge in [0.05, 0.1) is 16.8 Å². The van der Waals surface area contributed by atoms with Crippen molar-refractivity contribution in [1.82, 2.24) is 0 Å². The van der Waals surface area contributed by atoms with E-state index in [9.17, 15) is 9.90 Å². The van der Waals surface area contributed by atoms with E-state index in [1.54, 1.807) is 0 Å². The predicted octanol–water partition coefficient (Wildman–Crippen LogP) is 3.51. The smallest absolute Gasteiger partial charge is 0.311 e. The summed E-state index contributed by atoms with van der Waals surface area (Å²) in [5.74, 6) is -0.891. The number of ether oxygens (including phenoxy) is 1. The molecule has 1 aromatic rings. The standard InChI is InChI=1S/C10H12Br2O3S/c1-3-5(10(14)15-2)8(13)7-4-6(11)9(12)16-7/h4-5,8,13H,3H2,1-2H3. The molecule has 0 radical (unpaired) electrons. The third-order valence-electron chi connectivity index (χ3n) is 2.28. The third kappa shape index (κ3) is 3.06. The van der Waals surface area contributed by atoms with Gasteiger partial charge in [-0.05, 0) is 44.3 Å². The van der Waals surface area contributed by atoms with E-state index in [4.69, 9.17) is 0 Å². The van der Waals surface area contributed by atoms with Gasteiger partial charge in [0.25, 0.3) is 0 Å². The van der Waals surface area contributed by atoms with Crippen LogP contribution in [0.4, 0.5) is 0 Å². The second kappa shape index (κ2) is 6.14. The van der Waals surface area contributed by atoms with E-state index in [2.05, 4.69) is 36.6 Å². The highest BCUT2D eigenvalue weighted by atomic mass is 79.9. The number of rotatable bonds is 4. The Labute approximate surface area is 115 Å². The van der Waals surface area contributed by atoms with E-state index in [0.717, 1.165) is 13.1 Å². The molecule has 6 heteroatoms. The Kier molecular flexibility index (Phi) is 5.43. The van der Waals surface area contributed by atoms with Gasteiger partial charge in [0.1, 0.15) is 6.10 Å². The number of carbonyl (C=O) groups excluding carboxylic acids is 1. The lowest BCUT2D eigenvalue weighted by Crippen LogP contribution is -2.22. The maximum Gasteiger partial charge on any atom is 0.311 e. The lowest BCUT2D eigenvalue weighted by molar-refractivity contribution is -0.149. The van der Waals surface area contributed by atoms with Crippen LogP contribution in [-0.4, -0.2) is 18.2 Å². The molecular formula is C10H12Br2O3S. The molecule has 16 heavy (non-hydrogen) atoms. The summed E-state index contributed by atoms with van der Waals surface area (Å²) in [5.41, 5.74) is 0. The number of aliphatic hydroxyl groups is 1. The van der Waals surface area contributed by atoms with Gasteiger partial charge in [-0.25, -0.2) is 0 Å². The minimum absolute atomic E-state index is 0.379. The Morgan fingerprint density at radius 3 is 2.62 bits per heavy atom. The van der Waals surface area contributed by atoms with Gasteiger partial charge in [-0.2, -0.15) is 0 Å². The molecule has 0 aromatic carbocycles. The maximum atomic E-state index is 11.4. The fourth-order valence-electron chi connectivity index (χ4n) is 1.38. The van der Waals surface area contributed by atoms with Crippen LogP contribution in [0.2, 0.25) is 0 Å². The molecule has 90 valence electrons. The summed E-state index contributed by atoms with van der Waals surface area (Å²) in [5, 5.41) is 10.1. The number of halogens is 2. The minimum Gasteiger partial charge on any atom is -0.469 e. The second-order valence-corrected chi connectivity index (χ2v) is 6.51. The van der Waals surface area contributed by atoms with E-state index < -0.39 is 12.0 Å². The zero-order chi connectivity index (χ0) is 12.3. The lowest BCUT2D eigenvalue weighted by atomic mass is 9.98. The average molecular weight is 372 g/mol. The van der Waals surface area contributed by atoms with Crippen LogP contribution < -0.4 is 0 Å². The lowest BCUT2D eigenvalue weighted by Gasteiger charge is -2.17. The first-order valence-electron chi connectivity index (χ1n) is 4.71. The van der Waals surface area contributed by atoms with Crippen molar-refractivity contribution in [3.05, 3.63) is 19.2 Å². The van der Waals surface area contributed by atoms with Crippen LogP contribution in [-0.2, 0) is 9.53 Å². The fraction of sp³-hybridized carbons (Fsp3) is 0.500. The second-order valence-electron chi connectivity index (χ2n) is 3.25. The Morgan fingerprint density at radius 2 is 2.25 bits per heavy atom. The zero-order valence-corrected chi connectivity index (χ0v) is 12.9. The molecule has 0 saturated carbocycles. The highest BCUT2D eigenvalue weighted by Crippen LogP contribution is 2.38. The van der Waals surface area contributed by atoms with E-state index in [1.165, 1.54) is 18.4 Å². The normalized spacial score (nSPS) is 14.6. The summed E-state index contributed by atoms with van der Waals surface area (Å²) in [6.07, 6.45) is -0.272. The highest BCUT2D eigenvalue weighted by Gasteiger charge is 2.28. The largest absolute Gasteiger partial charge is 0.469 e. The van der Waals surface area contributed by atoms with Crippen LogP contribution in [0.15, 0.2) is 14.3 Å². The van der Waals surface area contributed by atoms with Gasteiger partial charge >= 0.3 is 5.97 Å². The molecule has 1 rings (SSSR count). The van der Waals surface area contributed by atoms with Crippen LogP contribution in [0.3, 0.4) is 0 Å². The number of carbonyl (C=O) groups is 1. The van der Waals surface area contributed by atoms with Crippen molar-refractivity contribution in [3.63, 3.8) is 0 Å². The molecule has 3 nitrogen and oxygen atoms in total. The molecule has 0 aliphatic carbocycles. The topological polar surface area (TPSA) is 46.5 Å². The first kappa shape index (κ1) is 14.2. The maximum absolute atomic E-state index is 11.4. The number of aliphatic hydroxyl groups excluding tert-OH is 1. The van der Waals surface area contributed by atoms with E-state index in [0.29, 0.717) is 6.42 Å². The molecular weight excluding hydrogens is 360 g/mol. The summed E-state index contributed by atoms with van der Waals surface area (Å²) < 4.78 is 6.45. The molecule has 1 aromatic heterocycles. The molecule has 0 aliphatic heterocycles. The van der Waals surface area contributed by atoms with Crippen LogP contribution in [0.5, 0.6) is 0 Å². The number of hydrogen-bond acceptors (Lipinski definition) is 4. The van der Waals surface area contributed by atoms with Gasteiger partial charge < -0.3 is 9.84 Å². The van der Waals surface area contributed by atoms with Crippen molar-refractivity contribution in [3.8, 4) is 0 Å². The van der Waals surface area contributed by atoms with Crippen LogP contribution in [0, 0.1) is 5.92 Å². The van der Waals surface area contributed by atoms with Gasteiger partial charge in [-0.3, -0.25) is 4.79 Å². The van der Waals surface area contributed by atoms with Crippen molar-refractivity contribution < 1.29 is 14.6 Å². The number of esters is 1. The average Bonchev–Trinajstić information content (AvgIpc) is 2.59. The monoisotopic (exact) mass is 370 g/mol. The van der Waals surface area contributed by atoms with Gasteiger partial charge in [-0.15, -0.1) is 11.3 Å². The fourth-order valence-corrected chi connectivity index (χ4v) is 3.52. The molecule has 2 unspecified atom stereocenters. The summed E-state index contributed by atoms with van der Waals surface area (Å²) in [4.78, 5) is 12.2. The summed E-state index contributed by atoms with van der Waals surface area (Å²) >= 11 is 8.11. The minimum atomic E-state index is -0.815. The molecule has 0 aliphatic rings. The van der Waals surface area contributed by atoms with E-state index in [1.807, 2.05) is 13.0 Å². The number of hydrogen-bond donors (Lipinski definition) is 1. The molecule has 1 heterocycles. The SMILES string of the molecule is CCC(C(=O)OC)C(O)c1cc(Br)c(Br)s1. The number of thiophene rings is 1. The highest BCUT2D eigenvalue weighted by molar-refractivity contribution is 9.13. The number of methoxy groups -OCH3 is 1. The summed E-state index contributed by atoms with van der Waals surface area (Å²) in [6, 6.07) is 1.81. The van der Waals surface area contributed by atoms with Gasteiger partial charge in [0, 0.05) is 9.35 Å². The molecule has 0 amide bonds. The summed E-state index contributed by atoms with van der Waals surface area (Å²) in [7, 11) is 1.33. The van der Waals surface area contributed by atoms with Crippen LogP contribution in [0.25, 0.3) is 0 Å². The Balaban J connectivity index is 2.90. The predicted molar refractivity (Wildman–Crippen MR) is 70.5 cm³/mol. The molecule has 2 atom stereocenters. The molecule has 1 N–H and O–H groups in total. The van der Waals surface area contributed by atoms with Crippen molar-refractivity contribution in [1.29, 1.82) is 0 Å². The first-order chi connectivity index (χ1) is 7.51. The molecule has 0 fully saturated rings. The zero-order valence-electron chi connectivity index (χ0n) is 8.87. The van der Waals surface area contributed by atoms with Crippen molar-refractivity contribution >= 4 is 49.2 Å². The summed E-state index contributed by atoms with van der Waals surface area (Å²) in [6.45, 7) is 1.85. The van der Waals surface area contributed by atoms with Crippen molar-refractivity contribution in [2.45, 2.75) is 19.4 Å². The molecule has 0 spiro atoms. The third-order valence-corrected chi connectivity index (χ3v) is 5.61. The van der Waals surface area contributed by atoms with Gasteiger partial charge in [-0.1, -0.05) is 6.92 Å². The molecule has 0 saturated heterocycles. The van der Waals surface area contributed by atoms with E-state index >= 15 is 0 Å². The van der Waals surface area contributed by atoms with Crippen molar-refractivity contribution in [2.75, 3.05) is 7.11 Å². The van der Waals surface area contributed by atoms with Gasteiger partial charge in [0.15, 0.2) is 0 Å². The van der Waals surface area contributed by atoms with Gasteiger partial charge in [0.2, 0.25) is 0 Å².